The van der Waals surface area contributed by atoms with E-state index in [1.165, 1.54) is 32.1 Å². The zero-order valence-electron chi connectivity index (χ0n) is 10.1. The molecule has 2 bridgehead atoms. The fourth-order valence-corrected chi connectivity index (χ4v) is 3.74. The second-order valence-electron chi connectivity index (χ2n) is 6.70. The molecule has 1 nitrogen and oxygen atoms in total. The Labute approximate surface area is 93.1 Å². The van der Waals surface area contributed by atoms with Crippen molar-refractivity contribution in [3.05, 3.63) is 11.6 Å². The molecule has 0 aromatic heterocycles. The lowest BCUT2D eigenvalue weighted by Crippen LogP contribution is -2.48. The Morgan fingerprint density at radius 3 is 2.60 bits per heavy atom. The van der Waals surface area contributed by atoms with Crippen molar-refractivity contribution >= 4 is 0 Å². The normalized spacial score (nSPS) is 39.3. The van der Waals surface area contributed by atoms with E-state index in [0.29, 0.717) is 10.8 Å². The second kappa shape index (κ2) is 2.88. The summed E-state index contributed by atoms with van der Waals surface area (Å²) in [4.78, 5) is 0. The zero-order chi connectivity index (χ0) is 10.7. The van der Waals surface area contributed by atoms with Crippen LogP contribution in [0.15, 0.2) is 11.6 Å². The van der Waals surface area contributed by atoms with E-state index in [-0.39, 0.29) is 0 Å². The van der Waals surface area contributed by atoms with Gasteiger partial charge in [0.1, 0.15) is 0 Å². The number of allylic oxidation sites excluding steroid dienone is 2. The van der Waals surface area contributed by atoms with Crippen LogP contribution in [0.4, 0.5) is 0 Å². The summed E-state index contributed by atoms with van der Waals surface area (Å²) in [7, 11) is 0. The molecule has 2 saturated carbocycles. The van der Waals surface area contributed by atoms with Crippen LogP contribution < -0.4 is 5.73 Å². The summed E-state index contributed by atoms with van der Waals surface area (Å²) in [5.41, 5.74) is 8.76. The summed E-state index contributed by atoms with van der Waals surface area (Å²) >= 11 is 0. The van der Waals surface area contributed by atoms with Crippen LogP contribution in [-0.4, -0.2) is 6.54 Å². The molecular formula is C14H23N. The highest BCUT2D eigenvalue weighted by molar-refractivity contribution is 5.25. The summed E-state index contributed by atoms with van der Waals surface area (Å²) in [5, 5.41) is 0. The summed E-state index contributed by atoms with van der Waals surface area (Å²) in [5.74, 6) is 1.86. The minimum absolute atomic E-state index is 0.532. The molecule has 4 aliphatic rings. The van der Waals surface area contributed by atoms with E-state index < -0.39 is 0 Å². The lowest BCUT2D eigenvalue weighted by atomic mass is 9.48. The first kappa shape index (κ1) is 9.89. The number of fused-ring (bicyclic) bond motifs is 1. The fourth-order valence-electron chi connectivity index (χ4n) is 3.74. The Balaban J connectivity index is 1.75. The molecule has 0 amide bonds. The minimum Gasteiger partial charge on any atom is -0.330 e. The van der Waals surface area contributed by atoms with Crippen molar-refractivity contribution in [2.75, 3.05) is 6.54 Å². The first-order valence-electron chi connectivity index (χ1n) is 6.46. The van der Waals surface area contributed by atoms with Gasteiger partial charge in [0.15, 0.2) is 0 Å². The van der Waals surface area contributed by atoms with E-state index in [9.17, 15) is 0 Å². The maximum absolute atomic E-state index is 5.88. The quantitative estimate of drug-likeness (QED) is 0.704. The van der Waals surface area contributed by atoms with Gasteiger partial charge in [-0.25, -0.2) is 0 Å². The van der Waals surface area contributed by atoms with Crippen LogP contribution in [0.25, 0.3) is 0 Å². The lowest BCUT2D eigenvalue weighted by Gasteiger charge is -2.57. The van der Waals surface area contributed by atoms with Crippen molar-refractivity contribution in [2.45, 2.75) is 46.0 Å². The van der Waals surface area contributed by atoms with Crippen LogP contribution in [-0.2, 0) is 0 Å². The third-order valence-electron chi connectivity index (χ3n) is 5.55. The monoisotopic (exact) mass is 205 g/mol. The summed E-state index contributed by atoms with van der Waals surface area (Å²) in [6.45, 7) is 5.82. The predicted molar refractivity (Wildman–Crippen MR) is 63.4 cm³/mol. The van der Waals surface area contributed by atoms with Crippen molar-refractivity contribution in [1.29, 1.82) is 0 Å². The Bertz CT molecular complexity index is 309. The van der Waals surface area contributed by atoms with E-state index in [2.05, 4.69) is 19.9 Å². The van der Waals surface area contributed by atoms with Gasteiger partial charge in [-0.3, -0.25) is 0 Å². The third kappa shape index (κ3) is 1.32. The van der Waals surface area contributed by atoms with Crippen molar-refractivity contribution in [3.63, 3.8) is 0 Å². The van der Waals surface area contributed by atoms with Crippen LogP contribution >= 0.6 is 0 Å². The largest absolute Gasteiger partial charge is 0.330 e. The molecule has 0 radical (unpaired) electrons. The van der Waals surface area contributed by atoms with Gasteiger partial charge in [0.2, 0.25) is 0 Å². The van der Waals surface area contributed by atoms with Crippen LogP contribution in [0.2, 0.25) is 0 Å². The van der Waals surface area contributed by atoms with Gasteiger partial charge in [-0.15, -0.1) is 0 Å². The van der Waals surface area contributed by atoms with Gasteiger partial charge in [-0.05, 0) is 61.3 Å². The highest BCUT2D eigenvalue weighted by Gasteiger charge is 2.53. The van der Waals surface area contributed by atoms with E-state index in [4.69, 9.17) is 5.73 Å². The first-order valence-corrected chi connectivity index (χ1v) is 6.46. The summed E-state index contributed by atoms with van der Waals surface area (Å²) < 4.78 is 0. The average molecular weight is 205 g/mol. The SMILES string of the molecule is CC1(C)C2CC=C(CC3(CN)CC3)C1C2. The van der Waals surface area contributed by atoms with Crippen molar-refractivity contribution < 1.29 is 0 Å². The Kier molecular flexibility index (Phi) is 1.90. The molecule has 2 atom stereocenters. The highest BCUT2D eigenvalue weighted by Crippen LogP contribution is 2.62. The van der Waals surface area contributed by atoms with Crippen LogP contribution in [0.5, 0.6) is 0 Å². The molecular weight excluding hydrogens is 182 g/mol. The van der Waals surface area contributed by atoms with Crippen molar-refractivity contribution in [2.24, 2.45) is 28.4 Å². The molecule has 0 heterocycles. The number of nitrogens with two attached hydrogens (primary N) is 1. The predicted octanol–water partition coefficient (Wildman–Crippen LogP) is 3.11. The molecule has 4 aliphatic carbocycles. The lowest BCUT2D eigenvalue weighted by molar-refractivity contribution is -0.00988. The molecule has 0 aliphatic heterocycles. The van der Waals surface area contributed by atoms with Gasteiger partial charge in [0, 0.05) is 0 Å². The fraction of sp³-hybridized carbons (Fsp3) is 0.857. The molecule has 0 saturated heterocycles. The summed E-state index contributed by atoms with van der Waals surface area (Å²) in [6, 6.07) is 0. The topological polar surface area (TPSA) is 26.0 Å². The van der Waals surface area contributed by atoms with Crippen molar-refractivity contribution in [3.8, 4) is 0 Å². The molecule has 0 spiro atoms. The van der Waals surface area contributed by atoms with E-state index in [1.54, 1.807) is 5.57 Å². The van der Waals surface area contributed by atoms with Gasteiger partial charge in [-0.1, -0.05) is 25.5 Å². The molecule has 15 heavy (non-hydrogen) atoms. The molecule has 2 N–H and O–H groups in total. The van der Waals surface area contributed by atoms with E-state index >= 15 is 0 Å². The molecule has 2 unspecified atom stereocenters. The molecule has 4 rings (SSSR count). The summed E-state index contributed by atoms with van der Waals surface area (Å²) in [6.07, 6.45) is 9.39. The van der Waals surface area contributed by atoms with E-state index in [0.717, 1.165) is 18.4 Å². The molecule has 0 aromatic carbocycles. The molecule has 2 fully saturated rings. The highest BCUT2D eigenvalue weighted by atomic mass is 14.7. The maximum atomic E-state index is 5.88. The first-order chi connectivity index (χ1) is 7.07. The Morgan fingerprint density at radius 2 is 2.13 bits per heavy atom. The van der Waals surface area contributed by atoms with Gasteiger partial charge >= 0.3 is 0 Å². The second-order valence-corrected chi connectivity index (χ2v) is 6.70. The van der Waals surface area contributed by atoms with Crippen LogP contribution in [0.3, 0.4) is 0 Å². The third-order valence-corrected chi connectivity index (χ3v) is 5.55. The molecule has 0 aromatic rings. The Hall–Kier alpha value is -0.300. The smallest absolute Gasteiger partial charge is 0.00175 e. The van der Waals surface area contributed by atoms with Gasteiger partial charge in [0.05, 0.1) is 0 Å². The van der Waals surface area contributed by atoms with Gasteiger partial charge in [-0.2, -0.15) is 0 Å². The van der Waals surface area contributed by atoms with Gasteiger partial charge in [0.25, 0.3) is 0 Å². The van der Waals surface area contributed by atoms with Crippen LogP contribution in [0, 0.1) is 22.7 Å². The van der Waals surface area contributed by atoms with Crippen LogP contribution in [0.1, 0.15) is 46.0 Å². The molecule has 84 valence electrons. The maximum Gasteiger partial charge on any atom is -0.00175 e. The Morgan fingerprint density at radius 1 is 1.40 bits per heavy atom. The average Bonchev–Trinajstić information content (AvgIpc) is 2.98. The zero-order valence-corrected chi connectivity index (χ0v) is 10.1. The molecule has 1 heteroatoms. The standard InChI is InChI=1S/C14H23N/c1-13(2)11-4-3-10(12(13)7-11)8-14(9-15)5-6-14/h3,11-12H,4-9,15H2,1-2H3. The minimum atomic E-state index is 0.532. The van der Waals surface area contributed by atoms with E-state index in [1.807, 2.05) is 0 Å². The number of hydrogen-bond donors (Lipinski definition) is 1. The van der Waals surface area contributed by atoms with Gasteiger partial charge < -0.3 is 5.73 Å². The number of rotatable bonds is 3. The number of hydrogen-bond acceptors (Lipinski definition) is 1. The van der Waals surface area contributed by atoms with Crippen molar-refractivity contribution in [1.82, 2.24) is 0 Å².